The predicted molar refractivity (Wildman–Crippen MR) is 94.9 cm³/mol. The molecule has 1 amide bonds. The Balaban J connectivity index is 1.91. The van der Waals surface area contributed by atoms with E-state index >= 15 is 0 Å². The first-order valence-electron chi connectivity index (χ1n) is 6.14. The summed E-state index contributed by atoms with van der Waals surface area (Å²) in [6.45, 7) is 2.75. The molecule has 0 aliphatic rings. The van der Waals surface area contributed by atoms with Gasteiger partial charge in [0.25, 0.3) is 0 Å². The lowest BCUT2D eigenvalue weighted by molar-refractivity contribution is -0.113. The number of anilines is 2. The summed E-state index contributed by atoms with van der Waals surface area (Å²) in [7, 11) is 0. The monoisotopic (exact) mass is 396 g/mol. The fourth-order valence-electron chi connectivity index (χ4n) is 1.42. The van der Waals surface area contributed by atoms with Crippen LogP contribution < -0.4 is 10.6 Å². The van der Waals surface area contributed by atoms with Crippen LogP contribution in [0.2, 0.25) is 15.1 Å². The van der Waals surface area contributed by atoms with Crippen LogP contribution >= 0.6 is 57.9 Å². The average Bonchev–Trinajstić information content (AvgIpc) is 2.91. The standard InChI is InChI=1S/C12H11Cl3N4OS2/c1-2-16-11-18-19-12(22-11)21-5-10(20)17-9-4-7(14)6(13)3-8(9)15/h3-4H,2,5H2,1H3,(H,16,18)(H,17,20). The average molecular weight is 398 g/mol. The number of carbonyl (C=O) groups excluding carboxylic acids is 1. The maximum absolute atomic E-state index is 11.9. The van der Waals surface area contributed by atoms with Gasteiger partial charge in [0.2, 0.25) is 11.0 Å². The van der Waals surface area contributed by atoms with Gasteiger partial charge in [0.1, 0.15) is 0 Å². The van der Waals surface area contributed by atoms with Crippen molar-refractivity contribution in [3.63, 3.8) is 0 Å². The number of amides is 1. The lowest BCUT2D eigenvalue weighted by Crippen LogP contribution is -2.14. The summed E-state index contributed by atoms with van der Waals surface area (Å²) >= 11 is 20.4. The van der Waals surface area contributed by atoms with Crippen LogP contribution in [0.3, 0.4) is 0 Å². The molecule has 10 heteroatoms. The largest absolute Gasteiger partial charge is 0.360 e. The van der Waals surface area contributed by atoms with Crippen molar-refractivity contribution in [2.75, 3.05) is 22.9 Å². The molecule has 2 rings (SSSR count). The zero-order valence-corrected chi connectivity index (χ0v) is 15.2. The summed E-state index contributed by atoms with van der Waals surface area (Å²) in [5.74, 6) is -0.0253. The first-order valence-corrected chi connectivity index (χ1v) is 9.07. The zero-order chi connectivity index (χ0) is 16.1. The molecule has 0 unspecified atom stereocenters. The van der Waals surface area contributed by atoms with Crippen LogP contribution in [-0.4, -0.2) is 28.4 Å². The van der Waals surface area contributed by atoms with Gasteiger partial charge in [-0.3, -0.25) is 4.79 Å². The summed E-state index contributed by atoms with van der Waals surface area (Å²) < 4.78 is 0.714. The molecule has 118 valence electrons. The van der Waals surface area contributed by atoms with Gasteiger partial charge in [-0.25, -0.2) is 0 Å². The van der Waals surface area contributed by atoms with Crippen LogP contribution in [0.5, 0.6) is 0 Å². The lowest BCUT2D eigenvalue weighted by atomic mass is 10.3. The van der Waals surface area contributed by atoms with E-state index in [2.05, 4.69) is 20.8 Å². The highest BCUT2D eigenvalue weighted by molar-refractivity contribution is 8.01. The third-order valence-electron chi connectivity index (χ3n) is 2.35. The molecule has 0 aliphatic carbocycles. The zero-order valence-electron chi connectivity index (χ0n) is 11.3. The van der Waals surface area contributed by atoms with Crippen molar-refractivity contribution >= 4 is 74.6 Å². The highest BCUT2D eigenvalue weighted by Gasteiger charge is 2.11. The van der Waals surface area contributed by atoms with Crippen LogP contribution in [0.1, 0.15) is 6.92 Å². The van der Waals surface area contributed by atoms with Crippen molar-refractivity contribution in [3.8, 4) is 0 Å². The summed E-state index contributed by atoms with van der Waals surface area (Å²) in [6, 6.07) is 3.00. The predicted octanol–water partition coefficient (Wildman–Crippen LogP) is 4.66. The first-order chi connectivity index (χ1) is 10.5. The molecule has 0 fully saturated rings. The van der Waals surface area contributed by atoms with Gasteiger partial charge < -0.3 is 10.6 Å². The second kappa shape index (κ2) is 8.21. The summed E-state index contributed by atoms with van der Waals surface area (Å²) in [5.41, 5.74) is 0.423. The molecule has 0 aliphatic heterocycles. The highest BCUT2D eigenvalue weighted by atomic mass is 35.5. The van der Waals surface area contributed by atoms with Crippen molar-refractivity contribution in [3.05, 3.63) is 27.2 Å². The van der Waals surface area contributed by atoms with Crippen molar-refractivity contribution in [1.82, 2.24) is 10.2 Å². The van der Waals surface area contributed by atoms with Gasteiger partial charge in [-0.1, -0.05) is 57.9 Å². The van der Waals surface area contributed by atoms with Crippen LogP contribution in [0.4, 0.5) is 10.8 Å². The molecule has 0 saturated carbocycles. The molecule has 2 N–H and O–H groups in total. The van der Waals surface area contributed by atoms with E-state index in [-0.39, 0.29) is 11.7 Å². The van der Waals surface area contributed by atoms with Gasteiger partial charge in [-0.2, -0.15) is 0 Å². The van der Waals surface area contributed by atoms with Gasteiger partial charge in [-0.05, 0) is 19.1 Å². The number of halogens is 3. The molecular weight excluding hydrogens is 387 g/mol. The van der Waals surface area contributed by atoms with Crippen LogP contribution in [-0.2, 0) is 4.79 Å². The Bertz CT molecular complexity index is 680. The minimum absolute atomic E-state index is 0.192. The minimum Gasteiger partial charge on any atom is -0.360 e. The normalized spacial score (nSPS) is 10.5. The Morgan fingerprint density at radius 2 is 1.95 bits per heavy atom. The second-order valence-corrected chi connectivity index (χ2v) is 7.41. The third kappa shape index (κ3) is 4.89. The Morgan fingerprint density at radius 1 is 1.23 bits per heavy atom. The van der Waals surface area contributed by atoms with Crippen molar-refractivity contribution < 1.29 is 4.79 Å². The van der Waals surface area contributed by atoms with Crippen LogP contribution in [0.15, 0.2) is 16.5 Å². The lowest BCUT2D eigenvalue weighted by Gasteiger charge is -2.08. The molecule has 0 spiro atoms. The topological polar surface area (TPSA) is 66.9 Å². The number of nitrogens with one attached hydrogen (secondary N) is 2. The number of carbonyl (C=O) groups is 1. The quantitative estimate of drug-likeness (QED) is 0.548. The van der Waals surface area contributed by atoms with E-state index in [1.165, 1.54) is 35.2 Å². The molecule has 5 nitrogen and oxygen atoms in total. The van der Waals surface area contributed by atoms with Crippen LogP contribution in [0, 0.1) is 0 Å². The van der Waals surface area contributed by atoms with Crippen LogP contribution in [0.25, 0.3) is 0 Å². The Hall–Kier alpha value is -0.730. The Morgan fingerprint density at radius 3 is 2.68 bits per heavy atom. The molecule has 22 heavy (non-hydrogen) atoms. The van der Waals surface area contributed by atoms with Crippen molar-refractivity contribution in [2.45, 2.75) is 11.3 Å². The maximum atomic E-state index is 11.9. The molecule has 2 aromatic rings. The van der Waals surface area contributed by atoms with Gasteiger partial charge in [0.05, 0.1) is 26.5 Å². The Labute approximate surface area is 150 Å². The first kappa shape index (κ1) is 17.6. The molecule has 0 radical (unpaired) electrons. The molecule has 0 bridgehead atoms. The molecular formula is C12H11Cl3N4OS2. The molecule has 1 heterocycles. The van der Waals surface area contributed by atoms with Crippen molar-refractivity contribution in [1.29, 1.82) is 0 Å². The third-order valence-corrected chi connectivity index (χ3v) is 5.39. The van der Waals surface area contributed by atoms with E-state index in [9.17, 15) is 4.79 Å². The number of nitrogens with zero attached hydrogens (tertiary/aromatic N) is 2. The van der Waals surface area contributed by atoms with E-state index in [1.807, 2.05) is 6.92 Å². The smallest absolute Gasteiger partial charge is 0.234 e. The Kier molecular flexibility index (Phi) is 6.58. The van der Waals surface area contributed by atoms with E-state index in [1.54, 1.807) is 0 Å². The van der Waals surface area contributed by atoms with E-state index < -0.39 is 0 Å². The van der Waals surface area contributed by atoms with E-state index in [0.717, 1.165) is 11.7 Å². The number of thioether (sulfide) groups is 1. The highest BCUT2D eigenvalue weighted by Crippen LogP contribution is 2.32. The number of rotatable bonds is 6. The molecule has 1 aromatic carbocycles. The molecule has 1 aromatic heterocycles. The summed E-state index contributed by atoms with van der Waals surface area (Å²) in [5, 5.41) is 15.4. The van der Waals surface area contributed by atoms with Gasteiger partial charge in [0.15, 0.2) is 4.34 Å². The molecule has 0 saturated heterocycles. The number of hydrogen-bond acceptors (Lipinski definition) is 6. The summed E-state index contributed by atoms with van der Waals surface area (Å²) in [4.78, 5) is 11.9. The number of aromatic nitrogens is 2. The second-order valence-electron chi connectivity index (χ2n) is 3.99. The number of hydrogen-bond donors (Lipinski definition) is 2. The fourth-order valence-corrected chi connectivity index (χ4v) is 3.64. The molecule has 0 atom stereocenters. The SMILES string of the molecule is CCNc1nnc(SCC(=O)Nc2cc(Cl)c(Cl)cc2Cl)s1. The van der Waals surface area contributed by atoms with E-state index in [4.69, 9.17) is 34.8 Å². The van der Waals surface area contributed by atoms with Gasteiger partial charge in [0, 0.05) is 6.54 Å². The van der Waals surface area contributed by atoms with E-state index in [0.29, 0.717) is 25.1 Å². The van der Waals surface area contributed by atoms with Gasteiger partial charge >= 0.3 is 0 Å². The number of benzene rings is 1. The fraction of sp³-hybridized carbons (Fsp3) is 0.250. The van der Waals surface area contributed by atoms with Gasteiger partial charge in [-0.15, -0.1) is 10.2 Å². The maximum Gasteiger partial charge on any atom is 0.234 e. The minimum atomic E-state index is -0.217. The van der Waals surface area contributed by atoms with Crippen molar-refractivity contribution in [2.24, 2.45) is 0 Å². The summed E-state index contributed by atoms with van der Waals surface area (Å²) in [6.07, 6.45) is 0.